The van der Waals surface area contributed by atoms with Crippen LogP contribution < -0.4 is 0 Å². The van der Waals surface area contributed by atoms with Gasteiger partial charge in [-0.15, -0.1) is 0 Å². The van der Waals surface area contributed by atoms with E-state index in [1.165, 1.54) is 0 Å². The molecule has 0 spiro atoms. The summed E-state index contributed by atoms with van der Waals surface area (Å²) in [4.78, 5) is 12.4. The minimum Gasteiger partial charge on any atom is -0.346 e. The summed E-state index contributed by atoms with van der Waals surface area (Å²) >= 11 is 0. The monoisotopic (exact) mass is 175 g/mol. The van der Waals surface area contributed by atoms with Crippen molar-refractivity contribution >= 4 is 5.91 Å². The molecule has 0 N–H and O–H groups in total. The molecule has 0 aliphatic rings. The SMILES string of the molecule is CC.CC.CCC(=O)N(C)CC. The molecule has 0 heterocycles. The molecule has 0 saturated carbocycles. The van der Waals surface area contributed by atoms with Crippen molar-refractivity contribution in [3.05, 3.63) is 0 Å². The Morgan fingerprint density at radius 2 is 1.42 bits per heavy atom. The lowest BCUT2D eigenvalue weighted by Crippen LogP contribution is -2.24. The Balaban J connectivity index is -0.000000175. The van der Waals surface area contributed by atoms with Crippen molar-refractivity contribution in [1.29, 1.82) is 0 Å². The third-order valence-corrected chi connectivity index (χ3v) is 1.20. The summed E-state index contributed by atoms with van der Waals surface area (Å²) in [5, 5.41) is 0. The Labute approximate surface area is 78.0 Å². The van der Waals surface area contributed by atoms with E-state index in [2.05, 4.69) is 0 Å². The summed E-state index contributed by atoms with van der Waals surface area (Å²) in [6, 6.07) is 0. The van der Waals surface area contributed by atoms with Gasteiger partial charge in [0.25, 0.3) is 0 Å². The van der Waals surface area contributed by atoms with Crippen LogP contribution in [0.5, 0.6) is 0 Å². The van der Waals surface area contributed by atoms with Crippen LogP contribution in [-0.4, -0.2) is 24.4 Å². The van der Waals surface area contributed by atoms with Gasteiger partial charge in [0, 0.05) is 20.0 Å². The Kier molecular flexibility index (Phi) is 24.6. The van der Waals surface area contributed by atoms with Crippen LogP contribution >= 0.6 is 0 Å². The molecular formula is C10H25NO. The van der Waals surface area contributed by atoms with E-state index in [1.54, 1.807) is 4.90 Å². The van der Waals surface area contributed by atoms with Crippen LogP contribution in [0, 0.1) is 0 Å². The smallest absolute Gasteiger partial charge is 0.222 e. The van der Waals surface area contributed by atoms with Crippen molar-refractivity contribution in [2.75, 3.05) is 13.6 Å². The summed E-state index contributed by atoms with van der Waals surface area (Å²) in [7, 11) is 1.81. The summed E-state index contributed by atoms with van der Waals surface area (Å²) in [6.07, 6.45) is 0.615. The molecule has 2 heteroatoms. The predicted octanol–water partition coefficient (Wildman–Crippen LogP) is 2.93. The molecule has 0 bridgehead atoms. The molecule has 0 rings (SSSR count). The summed E-state index contributed by atoms with van der Waals surface area (Å²) in [5.74, 6) is 0.215. The van der Waals surface area contributed by atoms with Gasteiger partial charge in [0.1, 0.15) is 0 Å². The van der Waals surface area contributed by atoms with Gasteiger partial charge in [-0.1, -0.05) is 34.6 Å². The molecular weight excluding hydrogens is 150 g/mol. The van der Waals surface area contributed by atoms with Crippen molar-refractivity contribution in [3.8, 4) is 0 Å². The van der Waals surface area contributed by atoms with E-state index >= 15 is 0 Å². The zero-order valence-electron chi connectivity index (χ0n) is 9.77. The van der Waals surface area contributed by atoms with Crippen LogP contribution in [0.25, 0.3) is 0 Å². The average molecular weight is 175 g/mol. The molecule has 12 heavy (non-hydrogen) atoms. The van der Waals surface area contributed by atoms with Gasteiger partial charge >= 0.3 is 0 Å². The summed E-state index contributed by atoms with van der Waals surface area (Å²) < 4.78 is 0. The van der Waals surface area contributed by atoms with E-state index in [0.717, 1.165) is 6.54 Å². The highest BCUT2D eigenvalue weighted by Crippen LogP contribution is 1.86. The van der Waals surface area contributed by atoms with E-state index in [-0.39, 0.29) is 5.91 Å². The van der Waals surface area contributed by atoms with E-state index in [4.69, 9.17) is 0 Å². The van der Waals surface area contributed by atoms with Crippen LogP contribution in [0.4, 0.5) is 0 Å². The minimum absolute atomic E-state index is 0.215. The first-order chi connectivity index (χ1) is 5.72. The molecule has 0 fully saturated rings. The van der Waals surface area contributed by atoms with E-state index in [1.807, 2.05) is 48.6 Å². The Bertz CT molecular complexity index is 81.9. The number of rotatable bonds is 2. The van der Waals surface area contributed by atoms with Gasteiger partial charge in [-0.2, -0.15) is 0 Å². The second-order valence-corrected chi connectivity index (χ2v) is 1.76. The van der Waals surface area contributed by atoms with Crippen LogP contribution in [0.15, 0.2) is 0 Å². The quantitative estimate of drug-likeness (QED) is 0.632. The first kappa shape index (κ1) is 17.5. The first-order valence-corrected chi connectivity index (χ1v) is 4.96. The number of carbonyl (C=O) groups excluding carboxylic acids is 1. The fourth-order valence-electron chi connectivity index (χ4n) is 0.446. The standard InChI is InChI=1S/C6H13NO.2C2H6/c1-4-6(8)7(3)5-2;2*1-2/h4-5H2,1-3H3;2*1-2H3. The maximum absolute atomic E-state index is 10.7. The summed E-state index contributed by atoms with van der Waals surface area (Å²) in [5.41, 5.74) is 0. The molecule has 0 aliphatic heterocycles. The molecule has 0 atom stereocenters. The predicted molar refractivity (Wildman–Crippen MR) is 56.3 cm³/mol. The zero-order chi connectivity index (χ0) is 10.6. The number of nitrogens with zero attached hydrogens (tertiary/aromatic N) is 1. The maximum atomic E-state index is 10.7. The van der Waals surface area contributed by atoms with Gasteiger partial charge in [0.05, 0.1) is 0 Å². The second kappa shape index (κ2) is 16.8. The van der Waals surface area contributed by atoms with Crippen molar-refractivity contribution in [3.63, 3.8) is 0 Å². The molecule has 2 nitrogen and oxygen atoms in total. The molecule has 0 radical (unpaired) electrons. The molecule has 1 amide bonds. The third kappa shape index (κ3) is 12.2. The molecule has 0 aromatic carbocycles. The topological polar surface area (TPSA) is 20.3 Å². The minimum atomic E-state index is 0.215. The Hall–Kier alpha value is -0.530. The summed E-state index contributed by atoms with van der Waals surface area (Å²) in [6.45, 7) is 12.6. The second-order valence-electron chi connectivity index (χ2n) is 1.76. The molecule has 0 aromatic rings. The van der Waals surface area contributed by atoms with Gasteiger partial charge in [-0.05, 0) is 6.92 Å². The van der Waals surface area contributed by atoms with Gasteiger partial charge in [0.15, 0.2) is 0 Å². The van der Waals surface area contributed by atoms with Crippen LogP contribution in [0.2, 0.25) is 0 Å². The number of hydrogen-bond donors (Lipinski definition) is 0. The molecule has 0 aliphatic carbocycles. The Morgan fingerprint density at radius 3 is 1.50 bits per heavy atom. The molecule has 0 saturated heterocycles. The fourth-order valence-corrected chi connectivity index (χ4v) is 0.446. The number of hydrogen-bond acceptors (Lipinski definition) is 1. The maximum Gasteiger partial charge on any atom is 0.222 e. The van der Waals surface area contributed by atoms with Gasteiger partial charge in [0.2, 0.25) is 5.91 Å². The highest BCUT2D eigenvalue weighted by Gasteiger charge is 1.99. The lowest BCUT2D eigenvalue weighted by Gasteiger charge is -2.11. The normalized spacial score (nSPS) is 6.92. The lowest BCUT2D eigenvalue weighted by atomic mass is 10.4. The van der Waals surface area contributed by atoms with E-state index in [0.29, 0.717) is 6.42 Å². The van der Waals surface area contributed by atoms with E-state index in [9.17, 15) is 4.79 Å². The molecule has 76 valence electrons. The highest BCUT2D eigenvalue weighted by atomic mass is 16.2. The lowest BCUT2D eigenvalue weighted by molar-refractivity contribution is -0.129. The largest absolute Gasteiger partial charge is 0.346 e. The van der Waals surface area contributed by atoms with Crippen LogP contribution in [0.1, 0.15) is 48.0 Å². The van der Waals surface area contributed by atoms with Gasteiger partial charge in [-0.25, -0.2) is 0 Å². The van der Waals surface area contributed by atoms with Crippen molar-refractivity contribution in [2.24, 2.45) is 0 Å². The first-order valence-electron chi connectivity index (χ1n) is 4.96. The van der Waals surface area contributed by atoms with Gasteiger partial charge < -0.3 is 4.90 Å². The fraction of sp³-hybridized carbons (Fsp3) is 0.900. The average Bonchev–Trinajstić information content (AvgIpc) is 2.21. The molecule has 0 unspecified atom stereocenters. The van der Waals surface area contributed by atoms with Crippen molar-refractivity contribution < 1.29 is 4.79 Å². The van der Waals surface area contributed by atoms with Crippen LogP contribution in [-0.2, 0) is 4.79 Å². The Morgan fingerprint density at radius 1 is 1.08 bits per heavy atom. The van der Waals surface area contributed by atoms with Crippen molar-refractivity contribution in [2.45, 2.75) is 48.0 Å². The zero-order valence-corrected chi connectivity index (χ0v) is 9.77. The highest BCUT2D eigenvalue weighted by molar-refractivity contribution is 5.75. The number of amides is 1. The third-order valence-electron chi connectivity index (χ3n) is 1.20. The van der Waals surface area contributed by atoms with Gasteiger partial charge in [-0.3, -0.25) is 4.79 Å². The van der Waals surface area contributed by atoms with Crippen LogP contribution in [0.3, 0.4) is 0 Å². The van der Waals surface area contributed by atoms with E-state index < -0.39 is 0 Å². The number of carbonyl (C=O) groups is 1. The van der Waals surface area contributed by atoms with Crippen molar-refractivity contribution in [1.82, 2.24) is 4.90 Å². The molecule has 0 aromatic heterocycles.